The van der Waals surface area contributed by atoms with Crippen molar-refractivity contribution < 1.29 is 4.74 Å². The second-order valence-corrected chi connectivity index (χ2v) is 5.81. The topological polar surface area (TPSA) is 38.5 Å². The van der Waals surface area contributed by atoms with Crippen molar-refractivity contribution in [3.8, 4) is 0 Å². The lowest BCUT2D eigenvalue weighted by molar-refractivity contribution is 0.0950. The lowest BCUT2D eigenvalue weighted by Gasteiger charge is -2.44. The number of nitrogens with zero attached hydrogens (tertiary/aromatic N) is 1. The van der Waals surface area contributed by atoms with Crippen LogP contribution in [0.5, 0.6) is 0 Å². The first-order chi connectivity index (χ1) is 10.2. The molecule has 0 amide bonds. The molecule has 0 aromatic heterocycles. The molecular weight excluding hydrogens is 260 g/mol. The molecule has 21 heavy (non-hydrogen) atoms. The zero-order valence-corrected chi connectivity index (χ0v) is 12.9. The predicted molar refractivity (Wildman–Crippen MR) is 88.8 cm³/mol. The van der Waals surface area contributed by atoms with Crippen molar-refractivity contribution in [3.63, 3.8) is 0 Å². The van der Waals surface area contributed by atoms with E-state index in [0.29, 0.717) is 6.54 Å². The standard InChI is InChI=1S/C18H24N2O/c1-3-20(18(13-19)11-12-21-14(18)2)17-10-6-8-15-7-4-5-9-16(15)17/h4-10,14H,3,11-13,19H2,1-2H3. The molecule has 1 aliphatic heterocycles. The molecule has 112 valence electrons. The van der Waals surface area contributed by atoms with E-state index in [1.165, 1.54) is 16.5 Å². The molecule has 2 aromatic rings. The Kier molecular flexibility index (Phi) is 3.87. The quantitative estimate of drug-likeness (QED) is 0.937. The molecule has 0 spiro atoms. The van der Waals surface area contributed by atoms with Gasteiger partial charge in [0.2, 0.25) is 0 Å². The van der Waals surface area contributed by atoms with E-state index in [9.17, 15) is 0 Å². The maximum absolute atomic E-state index is 6.20. The minimum Gasteiger partial charge on any atom is -0.376 e. The molecule has 2 N–H and O–H groups in total. The highest BCUT2D eigenvalue weighted by molar-refractivity contribution is 5.94. The maximum atomic E-state index is 6.20. The smallest absolute Gasteiger partial charge is 0.0804 e. The molecule has 0 bridgehead atoms. The summed E-state index contributed by atoms with van der Waals surface area (Å²) in [6.07, 6.45) is 1.14. The maximum Gasteiger partial charge on any atom is 0.0804 e. The Morgan fingerprint density at radius 2 is 2.00 bits per heavy atom. The van der Waals surface area contributed by atoms with Crippen molar-refractivity contribution >= 4 is 16.5 Å². The first-order valence-corrected chi connectivity index (χ1v) is 7.80. The number of hydrogen-bond acceptors (Lipinski definition) is 3. The summed E-state index contributed by atoms with van der Waals surface area (Å²) in [6, 6.07) is 15.0. The summed E-state index contributed by atoms with van der Waals surface area (Å²) in [5.74, 6) is 0. The summed E-state index contributed by atoms with van der Waals surface area (Å²) in [4.78, 5) is 2.45. The Bertz CT molecular complexity index is 622. The molecule has 0 aliphatic carbocycles. The van der Waals surface area contributed by atoms with Crippen molar-refractivity contribution in [2.45, 2.75) is 31.9 Å². The molecule has 1 saturated heterocycles. The molecule has 1 heterocycles. The highest BCUT2D eigenvalue weighted by Crippen LogP contribution is 2.38. The first-order valence-electron chi connectivity index (χ1n) is 7.80. The number of nitrogens with two attached hydrogens (primary N) is 1. The minimum atomic E-state index is -0.0983. The van der Waals surface area contributed by atoms with Gasteiger partial charge in [-0.15, -0.1) is 0 Å². The van der Waals surface area contributed by atoms with E-state index >= 15 is 0 Å². The number of benzene rings is 2. The average molecular weight is 284 g/mol. The van der Waals surface area contributed by atoms with Gasteiger partial charge in [-0.1, -0.05) is 36.4 Å². The van der Waals surface area contributed by atoms with Gasteiger partial charge in [0.05, 0.1) is 11.6 Å². The molecule has 3 rings (SSSR count). The van der Waals surface area contributed by atoms with E-state index in [0.717, 1.165) is 19.6 Å². The molecule has 1 fully saturated rings. The lowest BCUT2D eigenvalue weighted by Crippen LogP contribution is -2.58. The average Bonchev–Trinajstić information content (AvgIpc) is 2.90. The number of fused-ring (bicyclic) bond motifs is 1. The second kappa shape index (κ2) is 5.66. The molecular formula is C18H24N2O. The van der Waals surface area contributed by atoms with Gasteiger partial charge in [0.1, 0.15) is 0 Å². The van der Waals surface area contributed by atoms with Crippen LogP contribution in [0.2, 0.25) is 0 Å². The van der Waals surface area contributed by atoms with E-state index in [4.69, 9.17) is 10.5 Å². The van der Waals surface area contributed by atoms with Crippen molar-refractivity contribution in [2.24, 2.45) is 5.73 Å². The molecule has 1 aliphatic rings. The third kappa shape index (κ3) is 2.21. The van der Waals surface area contributed by atoms with Crippen LogP contribution in [0.25, 0.3) is 10.8 Å². The van der Waals surface area contributed by atoms with Crippen molar-refractivity contribution in [3.05, 3.63) is 42.5 Å². The fourth-order valence-corrected chi connectivity index (χ4v) is 3.67. The fourth-order valence-electron chi connectivity index (χ4n) is 3.67. The minimum absolute atomic E-state index is 0.0983. The van der Waals surface area contributed by atoms with Gasteiger partial charge in [0.25, 0.3) is 0 Å². The van der Waals surface area contributed by atoms with Gasteiger partial charge in [0.15, 0.2) is 0 Å². The number of ether oxygens (including phenoxy) is 1. The number of hydrogen-bond donors (Lipinski definition) is 1. The van der Waals surface area contributed by atoms with Crippen LogP contribution in [0, 0.1) is 0 Å². The monoisotopic (exact) mass is 284 g/mol. The van der Waals surface area contributed by atoms with Crippen LogP contribution in [-0.4, -0.2) is 31.3 Å². The molecule has 3 nitrogen and oxygen atoms in total. The molecule has 2 unspecified atom stereocenters. The van der Waals surface area contributed by atoms with Crippen molar-refractivity contribution in [2.75, 3.05) is 24.6 Å². The Morgan fingerprint density at radius 1 is 1.24 bits per heavy atom. The first kappa shape index (κ1) is 14.4. The zero-order valence-electron chi connectivity index (χ0n) is 12.9. The third-order valence-electron chi connectivity index (χ3n) is 4.92. The van der Waals surface area contributed by atoms with Crippen LogP contribution in [0.1, 0.15) is 20.3 Å². The number of likely N-dealkylation sites (N-methyl/N-ethyl adjacent to an activating group) is 1. The van der Waals surface area contributed by atoms with E-state index < -0.39 is 0 Å². The summed E-state index contributed by atoms with van der Waals surface area (Å²) in [5, 5.41) is 2.56. The van der Waals surface area contributed by atoms with E-state index in [1.54, 1.807) is 0 Å². The van der Waals surface area contributed by atoms with Crippen LogP contribution < -0.4 is 10.6 Å². The van der Waals surface area contributed by atoms with Gasteiger partial charge in [-0.2, -0.15) is 0 Å². The summed E-state index contributed by atoms with van der Waals surface area (Å²) in [6.45, 7) is 6.68. The Hall–Kier alpha value is -1.58. The summed E-state index contributed by atoms with van der Waals surface area (Å²) >= 11 is 0. The molecule has 3 heteroatoms. The largest absolute Gasteiger partial charge is 0.376 e. The van der Waals surface area contributed by atoms with Crippen LogP contribution in [0.3, 0.4) is 0 Å². The van der Waals surface area contributed by atoms with Gasteiger partial charge in [-0.25, -0.2) is 0 Å². The number of anilines is 1. The zero-order chi connectivity index (χ0) is 14.9. The van der Waals surface area contributed by atoms with Gasteiger partial charge >= 0.3 is 0 Å². The Morgan fingerprint density at radius 3 is 2.67 bits per heavy atom. The fraction of sp³-hybridized carbons (Fsp3) is 0.444. The van der Waals surface area contributed by atoms with Gasteiger partial charge in [-0.3, -0.25) is 0 Å². The van der Waals surface area contributed by atoms with Crippen LogP contribution in [0.4, 0.5) is 5.69 Å². The van der Waals surface area contributed by atoms with Gasteiger partial charge < -0.3 is 15.4 Å². The summed E-state index contributed by atoms with van der Waals surface area (Å²) in [7, 11) is 0. The van der Waals surface area contributed by atoms with Crippen molar-refractivity contribution in [1.29, 1.82) is 0 Å². The summed E-state index contributed by atoms with van der Waals surface area (Å²) < 4.78 is 5.85. The van der Waals surface area contributed by atoms with Gasteiger partial charge in [-0.05, 0) is 31.7 Å². The van der Waals surface area contributed by atoms with Crippen molar-refractivity contribution in [1.82, 2.24) is 0 Å². The number of rotatable bonds is 4. The summed E-state index contributed by atoms with van der Waals surface area (Å²) in [5.41, 5.74) is 7.36. The molecule has 2 atom stereocenters. The second-order valence-electron chi connectivity index (χ2n) is 5.81. The highest BCUT2D eigenvalue weighted by atomic mass is 16.5. The Balaban J connectivity index is 2.14. The van der Waals surface area contributed by atoms with E-state index in [-0.39, 0.29) is 11.6 Å². The molecule has 0 radical (unpaired) electrons. The van der Waals surface area contributed by atoms with Gasteiger partial charge in [0, 0.05) is 30.8 Å². The SMILES string of the molecule is CCN(c1cccc2ccccc12)C1(CN)CCOC1C. The van der Waals surface area contributed by atoms with Crippen LogP contribution in [-0.2, 0) is 4.74 Å². The predicted octanol–water partition coefficient (Wildman–Crippen LogP) is 3.17. The van der Waals surface area contributed by atoms with Crippen LogP contribution in [0.15, 0.2) is 42.5 Å². The lowest BCUT2D eigenvalue weighted by atomic mass is 9.88. The van der Waals surface area contributed by atoms with Crippen LogP contribution >= 0.6 is 0 Å². The molecule has 2 aromatic carbocycles. The highest BCUT2D eigenvalue weighted by Gasteiger charge is 2.45. The van der Waals surface area contributed by atoms with E-state index in [1.807, 2.05) is 0 Å². The third-order valence-corrected chi connectivity index (χ3v) is 4.92. The Labute approximate surface area is 126 Å². The molecule has 0 saturated carbocycles. The normalized spacial score (nSPS) is 25.4. The van der Waals surface area contributed by atoms with E-state index in [2.05, 4.69) is 61.2 Å².